The van der Waals surface area contributed by atoms with E-state index in [1.165, 1.54) is 0 Å². The molecule has 0 radical (unpaired) electrons. The Morgan fingerprint density at radius 1 is 1.33 bits per heavy atom. The molecule has 0 fully saturated rings. The Bertz CT molecular complexity index is 482. The lowest BCUT2D eigenvalue weighted by molar-refractivity contribution is -0.120. The monoisotopic (exact) mass is 295 g/mol. The molecule has 0 aromatic carbocycles. The molecule has 1 aromatic rings. The molecule has 21 heavy (non-hydrogen) atoms. The van der Waals surface area contributed by atoms with E-state index in [-0.39, 0.29) is 18.4 Å². The van der Waals surface area contributed by atoms with E-state index in [0.29, 0.717) is 18.8 Å². The molecule has 118 valence electrons. The summed E-state index contributed by atoms with van der Waals surface area (Å²) in [7, 11) is 3.97. The molecule has 7 heteroatoms. The van der Waals surface area contributed by atoms with Gasteiger partial charge in [0.15, 0.2) is 0 Å². The molecular weight excluding hydrogens is 270 g/mol. The van der Waals surface area contributed by atoms with Crippen molar-refractivity contribution in [2.24, 2.45) is 0 Å². The van der Waals surface area contributed by atoms with E-state index in [4.69, 9.17) is 0 Å². The van der Waals surface area contributed by atoms with Crippen LogP contribution in [0.2, 0.25) is 0 Å². The van der Waals surface area contributed by atoms with Crippen molar-refractivity contribution in [3.63, 3.8) is 0 Å². The number of amides is 2. The van der Waals surface area contributed by atoms with Crippen LogP contribution in [0.25, 0.3) is 0 Å². The van der Waals surface area contributed by atoms with Gasteiger partial charge in [-0.15, -0.1) is 0 Å². The van der Waals surface area contributed by atoms with Gasteiger partial charge in [0.1, 0.15) is 5.69 Å². The highest BCUT2D eigenvalue weighted by atomic mass is 16.2. The van der Waals surface area contributed by atoms with Crippen LogP contribution in [0.4, 0.5) is 0 Å². The molecule has 0 saturated heterocycles. The SMILES string of the molecule is CCn1nc(C)cc1C(=O)NCC(=O)NCCCN(C)C. The minimum atomic E-state index is -0.277. The van der Waals surface area contributed by atoms with Crippen LogP contribution < -0.4 is 10.6 Å². The maximum Gasteiger partial charge on any atom is 0.269 e. The highest BCUT2D eigenvalue weighted by Gasteiger charge is 2.13. The highest BCUT2D eigenvalue weighted by Crippen LogP contribution is 2.03. The Morgan fingerprint density at radius 3 is 2.67 bits per heavy atom. The standard InChI is InChI=1S/C14H25N5O2/c1-5-19-12(9-11(2)17-19)14(21)16-10-13(20)15-7-6-8-18(3)4/h9H,5-8,10H2,1-4H3,(H,15,20)(H,16,21). The van der Waals surface area contributed by atoms with Crippen molar-refractivity contribution in [3.8, 4) is 0 Å². The molecule has 2 amide bonds. The van der Waals surface area contributed by atoms with Crippen LogP contribution in [-0.4, -0.2) is 60.2 Å². The maximum absolute atomic E-state index is 12.0. The van der Waals surface area contributed by atoms with Gasteiger partial charge in [-0.25, -0.2) is 0 Å². The van der Waals surface area contributed by atoms with Gasteiger partial charge in [0, 0.05) is 13.1 Å². The summed E-state index contributed by atoms with van der Waals surface area (Å²) in [5.74, 6) is -0.456. The van der Waals surface area contributed by atoms with Crippen LogP contribution in [0.15, 0.2) is 6.07 Å². The molecule has 7 nitrogen and oxygen atoms in total. The second-order valence-corrected chi connectivity index (χ2v) is 5.18. The topological polar surface area (TPSA) is 79.3 Å². The van der Waals surface area contributed by atoms with Crippen LogP contribution in [-0.2, 0) is 11.3 Å². The van der Waals surface area contributed by atoms with Crippen molar-refractivity contribution >= 4 is 11.8 Å². The molecule has 1 rings (SSSR count). The van der Waals surface area contributed by atoms with E-state index in [0.717, 1.165) is 18.7 Å². The molecule has 0 aliphatic carbocycles. The third-order valence-corrected chi connectivity index (χ3v) is 2.95. The highest BCUT2D eigenvalue weighted by molar-refractivity contribution is 5.95. The summed E-state index contributed by atoms with van der Waals surface area (Å²) in [6, 6.07) is 1.72. The maximum atomic E-state index is 12.0. The number of aryl methyl sites for hydroxylation is 2. The minimum absolute atomic E-state index is 0.0191. The van der Waals surface area contributed by atoms with Crippen LogP contribution in [0.1, 0.15) is 29.5 Å². The molecule has 2 N–H and O–H groups in total. The molecule has 1 heterocycles. The summed E-state index contributed by atoms with van der Waals surface area (Å²) in [5, 5.41) is 9.60. The summed E-state index contributed by atoms with van der Waals surface area (Å²) in [5.41, 5.74) is 1.27. The molecule has 0 saturated carbocycles. The minimum Gasteiger partial charge on any atom is -0.355 e. The fraction of sp³-hybridized carbons (Fsp3) is 0.643. The largest absolute Gasteiger partial charge is 0.355 e. The Kier molecular flexibility index (Phi) is 6.87. The van der Waals surface area contributed by atoms with E-state index in [1.54, 1.807) is 10.7 Å². The molecule has 0 aliphatic rings. The number of carbonyl (C=O) groups excluding carboxylic acids is 2. The molecule has 0 atom stereocenters. The first-order valence-electron chi connectivity index (χ1n) is 7.18. The van der Waals surface area contributed by atoms with Crippen LogP contribution in [0.3, 0.4) is 0 Å². The lowest BCUT2D eigenvalue weighted by atomic mass is 10.3. The number of hydrogen-bond donors (Lipinski definition) is 2. The van der Waals surface area contributed by atoms with Crippen LogP contribution in [0, 0.1) is 6.92 Å². The number of rotatable bonds is 8. The smallest absolute Gasteiger partial charge is 0.269 e. The molecule has 0 aliphatic heterocycles. The fourth-order valence-corrected chi connectivity index (χ4v) is 1.91. The van der Waals surface area contributed by atoms with Gasteiger partial charge in [0.05, 0.1) is 12.2 Å². The van der Waals surface area contributed by atoms with E-state index in [1.807, 2.05) is 27.9 Å². The predicted octanol–water partition coefficient (Wildman–Crippen LogP) is 0.00912. The Morgan fingerprint density at radius 2 is 2.05 bits per heavy atom. The second kappa shape index (κ2) is 8.41. The molecule has 0 bridgehead atoms. The van der Waals surface area contributed by atoms with Crippen molar-refractivity contribution in [2.75, 3.05) is 33.7 Å². The third-order valence-electron chi connectivity index (χ3n) is 2.95. The summed E-state index contributed by atoms with van der Waals surface area (Å²) >= 11 is 0. The summed E-state index contributed by atoms with van der Waals surface area (Å²) in [4.78, 5) is 25.7. The number of nitrogens with zero attached hydrogens (tertiary/aromatic N) is 3. The van der Waals surface area contributed by atoms with E-state index >= 15 is 0 Å². The van der Waals surface area contributed by atoms with Gasteiger partial charge in [-0.2, -0.15) is 5.10 Å². The lowest BCUT2D eigenvalue weighted by Gasteiger charge is -2.10. The number of aromatic nitrogens is 2. The third kappa shape index (κ3) is 5.95. The number of hydrogen-bond acceptors (Lipinski definition) is 4. The predicted molar refractivity (Wildman–Crippen MR) is 81.2 cm³/mol. The van der Waals surface area contributed by atoms with Crippen molar-refractivity contribution in [3.05, 3.63) is 17.5 Å². The van der Waals surface area contributed by atoms with E-state index in [2.05, 4.69) is 20.6 Å². The van der Waals surface area contributed by atoms with Crippen LogP contribution in [0.5, 0.6) is 0 Å². The van der Waals surface area contributed by atoms with E-state index in [9.17, 15) is 9.59 Å². The summed E-state index contributed by atoms with van der Waals surface area (Å²) < 4.78 is 1.62. The van der Waals surface area contributed by atoms with Gasteiger partial charge < -0.3 is 15.5 Å². The molecule has 0 unspecified atom stereocenters. The first-order chi connectivity index (χ1) is 9.93. The summed E-state index contributed by atoms with van der Waals surface area (Å²) in [6.45, 7) is 5.88. The van der Waals surface area contributed by atoms with Crippen molar-refractivity contribution in [2.45, 2.75) is 26.8 Å². The van der Waals surface area contributed by atoms with Gasteiger partial charge in [-0.3, -0.25) is 14.3 Å². The zero-order valence-electron chi connectivity index (χ0n) is 13.3. The lowest BCUT2D eigenvalue weighted by Crippen LogP contribution is -2.38. The molecule has 0 spiro atoms. The van der Waals surface area contributed by atoms with Crippen molar-refractivity contribution in [1.29, 1.82) is 0 Å². The van der Waals surface area contributed by atoms with Crippen molar-refractivity contribution in [1.82, 2.24) is 25.3 Å². The van der Waals surface area contributed by atoms with Gasteiger partial charge in [-0.05, 0) is 47.0 Å². The van der Waals surface area contributed by atoms with Crippen molar-refractivity contribution < 1.29 is 9.59 Å². The molecule has 1 aromatic heterocycles. The number of nitrogens with one attached hydrogen (secondary N) is 2. The molecular formula is C14H25N5O2. The Labute approximate surface area is 125 Å². The van der Waals surface area contributed by atoms with Gasteiger partial charge in [0.2, 0.25) is 5.91 Å². The van der Waals surface area contributed by atoms with Gasteiger partial charge in [-0.1, -0.05) is 0 Å². The van der Waals surface area contributed by atoms with Gasteiger partial charge in [0.25, 0.3) is 5.91 Å². The van der Waals surface area contributed by atoms with E-state index < -0.39 is 0 Å². The second-order valence-electron chi connectivity index (χ2n) is 5.18. The first-order valence-corrected chi connectivity index (χ1v) is 7.18. The first kappa shape index (κ1) is 17.2. The average Bonchev–Trinajstić information content (AvgIpc) is 2.82. The average molecular weight is 295 g/mol. The summed E-state index contributed by atoms with van der Waals surface area (Å²) in [6.07, 6.45) is 0.883. The Balaban J connectivity index is 2.33. The fourth-order valence-electron chi connectivity index (χ4n) is 1.91. The Hall–Kier alpha value is -1.89. The quantitative estimate of drug-likeness (QED) is 0.662. The normalized spacial score (nSPS) is 10.7. The zero-order chi connectivity index (χ0) is 15.8. The zero-order valence-corrected chi connectivity index (χ0v) is 13.3. The number of carbonyl (C=O) groups is 2. The van der Waals surface area contributed by atoms with Gasteiger partial charge >= 0.3 is 0 Å². The van der Waals surface area contributed by atoms with Crippen LogP contribution >= 0.6 is 0 Å².